The Morgan fingerprint density at radius 3 is 2.90 bits per heavy atom. The molecule has 1 aromatic rings. The molecule has 0 bridgehead atoms. The third-order valence-corrected chi connectivity index (χ3v) is 4.77. The Labute approximate surface area is 122 Å². The molecule has 0 spiro atoms. The molecule has 1 saturated carbocycles. The van der Waals surface area contributed by atoms with Gasteiger partial charge in [-0.2, -0.15) is 0 Å². The molecule has 1 fully saturated rings. The minimum Gasteiger partial charge on any atom is -0.385 e. The summed E-state index contributed by atoms with van der Waals surface area (Å²) in [6, 6.07) is 0. The standard InChI is InChI=1S/C15H28N4O/c1-5-9-19-13(11-16-17-19)14(20)15(18(3)4)8-6-7-12(2)10-15/h11-12,14,20H,5-10H2,1-4H3. The second-order valence-electron chi connectivity index (χ2n) is 6.48. The van der Waals surface area contributed by atoms with E-state index in [1.165, 1.54) is 12.8 Å². The van der Waals surface area contributed by atoms with Crippen LogP contribution in [0.25, 0.3) is 0 Å². The Kier molecular flexibility index (Phi) is 4.81. The highest BCUT2D eigenvalue weighted by Gasteiger charge is 2.45. The van der Waals surface area contributed by atoms with E-state index in [1.54, 1.807) is 6.20 Å². The van der Waals surface area contributed by atoms with Crippen molar-refractivity contribution in [1.82, 2.24) is 19.9 Å². The highest BCUT2D eigenvalue weighted by atomic mass is 16.3. The number of aryl methyl sites for hydroxylation is 1. The van der Waals surface area contributed by atoms with E-state index in [4.69, 9.17) is 0 Å². The van der Waals surface area contributed by atoms with Crippen molar-refractivity contribution in [2.75, 3.05) is 14.1 Å². The quantitative estimate of drug-likeness (QED) is 0.898. The van der Waals surface area contributed by atoms with Gasteiger partial charge >= 0.3 is 0 Å². The maximum atomic E-state index is 11.0. The maximum absolute atomic E-state index is 11.0. The molecule has 0 radical (unpaired) electrons. The molecule has 3 atom stereocenters. The first-order valence-corrected chi connectivity index (χ1v) is 7.75. The summed E-state index contributed by atoms with van der Waals surface area (Å²) in [6.45, 7) is 5.21. The molecule has 5 nitrogen and oxygen atoms in total. The Morgan fingerprint density at radius 1 is 1.55 bits per heavy atom. The van der Waals surface area contributed by atoms with Gasteiger partial charge in [-0.1, -0.05) is 31.9 Å². The van der Waals surface area contributed by atoms with Gasteiger partial charge in [0.05, 0.1) is 17.4 Å². The third kappa shape index (κ3) is 2.74. The van der Waals surface area contributed by atoms with Crippen LogP contribution < -0.4 is 0 Å². The van der Waals surface area contributed by atoms with Crippen LogP contribution in [0.15, 0.2) is 6.20 Å². The van der Waals surface area contributed by atoms with Crippen molar-refractivity contribution in [3.63, 3.8) is 0 Å². The van der Waals surface area contributed by atoms with Gasteiger partial charge in [-0.3, -0.25) is 0 Å². The van der Waals surface area contributed by atoms with E-state index in [0.717, 1.165) is 31.5 Å². The highest BCUT2D eigenvalue weighted by Crippen LogP contribution is 2.43. The molecule has 20 heavy (non-hydrogen) atoms. The average Bonchev–Trinajstić information content (AvgIpc) is 2.86. The molecule has 0 amide bonds. The normalized spacial score (nSPS) is 28.8. The lowest BCUT2D eigenvalue weighted by atomic mass is 9.71. The van der Waals surface area contributed by atoms with Crippen molar-refractivity contribution in [3.8, 4) is 0 Å². The Hall–Kier alpha value is -0.940. The van der Waals surface area contributed by atoms with E-state index in [9.17, 15) is 5.11 Å². The van der Waals surface area contributed by atoms with E-state index in [1.807, 2.05) is 4.68 Å². The summed E-state index contributed by atoms with van der Waals surface area (Å²) in [4.78, 5) is 2.20. The number of rotatable bonds is 5. The van der Waals surface area contributed by atoms with Crippen LogP contribution in [0, 0.1) is 5.92 Å². The van der Waals surface area contributed by atoms with Gasteiger partial charge in [0.2, 0.25) is 0 Å². The SMILES string of the molecule is CCCn1nncc1C(O)C1(N(C)C)CCCC(C)C1. The fraction of sp³-hybridized carbons (Fsp3) is 0.867. The van der Waals surface area contributed by atoms with Crippen molar-refractivity contribution in [2.45, 2.75) is 64.1 Å². The summed E-state index contributed by atoms with van der Waals surface area (Å²) in [6.07, 6.45) is 6.68. The number of aromatic nitrogens is 3. The minimum absolute atomic E-state index is 0.190. The monoisotopic (exact) mass is 280 g/mol. The van der Waals surface area contributed by atoms with E-state index in [0.29, 0.717) is 5.92 Å². The zero-order valence-corrected chi connectivity index (χ0v) is 13.2. The van der Waals surface area contributed by atoms with Gasteiger partial charge in [0, 0.05) is 6.54 Å². The van der Waals surface area contributed by atoms with Crippen LogP contribution in [-0.2, 0) is 6.54 Å². The van der Waals surface area contributed by atoms with Crippen molar-refractivity contribution in [3.05, 3.63) is 11.9 Å². The molecule has 1 aromatic heterocycles. The van der Waals surface area contributed by atoms with E-state index >= 15 is 0 Å². The number of hydrogen-bond acceptors (Lipinski definition) is 4. The topological polar surface area (TPSA) is 54.2 Å². The number of aliphatic hydroxyl groups is 1. The van der Waals surface area contributed by atoms with Gasteiger partial charge in [0.15, 0.2) is 0 Å². The van der Waals surface area contributed by atoms with E-state index in [2.05, 4.69) is 43.2 Å². The molecule has 0 saturated heterocycles. The van der Waals surface area contributed by atoms with Crippen LogP contribution in [0.2, 0.25) is 0 Å². The molecule has 114 valence electrons. The maximum Gasteiger partial charge on any atom is 0.116 e. The summed E-state index contributed by atoms with van der Waals surface area (Å²) in [5.41, 5.74) is 0.667. The van der Waals surface area contributed by atoms with E-state index < -0.39 is 6.10 Å². The predicted octanol–water partition coefficient (Wildman–Crippen LogP) is 2.23. The van der Waals surface area contributed by atoms with Crippen molar-refractivity contribution in [1.29, 1.82) is 0 Å². The Morgan fingerprint density at radius 2 is 2.30 bits per heavy atom. The average molecular weight is 280 g/mol. The van der Waals surface area contributed by atoms with Gasteiger partial charge in [-0.25, -0.2) is 4.68 Å². The molecule has 1 aliphatic rings. The second kappa shape index (κ2) is 6.22. The molecule has 5 heteroatoms. The summed E-state index contributed by atoms with van der Waals surface area (Å²) in [7, 11) is 4.16. The Balaban J connectivity index is 2.31. The first-order chi connectivity index (χ1) is 9.51. The zero-order chi connectivity index (χ0) is 14.8. The van der Waals surface area contributed by atoms with Crippen molar-refractivity contribution in [2.24, 2.45) is 5.92 Å². The first-order valence-electron chi connectivity index (χ1n) is 7.75. The smallest absolute Gasteiger partial charge is 0.116 e. The molecule has 1 aliphatic carbocycles. The molecule has 1 heterocycles. The van der Waals surface area contributed by atoms with Crippen LogP contribution in [0.1, 0.15) is 57.7 Å². The number of hydrogen-bond donors (Lipinski definition) is 1. The largest absolute Gasteiger partial charge is 0.385 e. The third-order valence-electron chi connectivity index (χ3n) is 4.77. The highest BCUT2D eigenvalue weighted by molar-refractivity contribution is 5.11. The summed E-state index contributed by atoms with van der Waals surface area (Å²) in [5, 5.41) is 19.2. The van der Waals surface area contributed by atoms with Gasteiger partial charge in [0.25, 0.3) is 0 Å². The molecular weight excluding hydrogens is 252 g/mol. The van der Waals surface area contributed by atoms with Crippen LogP contribution in [0.5, 0.6) is 0 Å². The molecule has 2 rings (SSSR count). The van der Waals surface area contributed by atoms with Gasteiger partial charge in [-0.15, -0.1) is 5.10 Å². The number of likely N-dealkylation sites (N-methyl/N-ethyl adjacent to an activating group) is 1. The van der Waals surface area contributed by atoms with Gasteiger partial charge in [-0.05, 0) is 39.3 Å². The van der Waals surface area contributed by atoms with Crippen molar-refractivity contribution < 1.29 is 5.11 Å². The Bertz CT molecular complexity index is 431. The summed E-state index contributed by atoms with van der Waals surface area (Å²) in [5.74, 6) is 0.649. The zero-order valence-electron chi connectivity index (χ0n) is 13.2. The van der Waals surface area contributed by atoms with Crippen LogP contribution in [-0.4, -0.2) is 44.6 Å². The van der Waals surface area contributed by atoms with Crippen LogP contribution in [0.3, 0.4) is 0 Å². The fourth-order valence-electron chi connectivity index (χ4n) is 3.60. The lowest BCUT2D eigenvalue weighted by Gasteiger charge is -2.48. The first kappa shape index (κ1) is 15.4. The predicted molar refractivity (Wildman–Crippen MR) is 79.3 cm³/mol. The molecule has 3 unspecified atom stereocenters. The number of nitrogens with zero attached hydrogens (tertiary/aromatic N) is 4. The molecule has 0 aliphatic heterocycles. The lowest BCUT2D eigenvalue weighted by molar-refractivity contribution is -0.0491. The van der Waals surface area contributed by atoms with Crippen LogP contribution in [0.4, 0.5) is 0 Å². The summed E-state index contributed by atoms with van der Waals surface area (Å²) < 4.78 is 1.86. The molecular formula is C15H28N4O. The summed E-state index contributed by atoms with van der Waals surface area (Å²) >= 11 is 0. The van der Waals surface area contributed by atoms with E-state index in [-0.39, 0.29) is 5.54 Å². The molecule has 1 N–H and O–H groups in total. The van der Waals surface area contributed by atoms with Gasteiger partial charge in [0.1, 0.15) is 6.10 Å². The minimum atomic E-state index is -0.526. The number of aliphatic hydroxyl groups excluding tert-OH is 1. The lowest BCUT2D eigenvalue weighted by Crippen LogP contribution is -2.52. The molecule has 0 aromatic carbocycles. The second-order valence-corrected chi connectivity index (χ2v) is 6.48. The fourth-order valence-corrected chi connectivity index (χ4v) is 3.60. The van der Waals surface area contributed by atoms with Gasteiger partial charge < -0.3 is 10.0 Å². The van der Waals surface area contributed by atoms with Crippen molar-refractivity contribution >= 4 is 0 Å². The van der Waals surface area contributed by atoms with Crippen LogP contribution >= 0.6 is 0 Å².